The van der Waals surface area contributed by atoms with Gasteiger partial charge in [-0.3, -0.25) is 9.69 Å². The molecule has 1 rings (SSSR count). The van der Waals surface area contributed by atoms with Crippen molar-refractivity contribution in [1.82, 2.24) is 4.90 Å². The van der Waals surface area contributed by atoms with E-state index in [1.165, 1.54) is 12.8 Å². The Kier molecular flexibility index (Phi) is 2.42. The van der Waals surface area contributed by atoms with Gasteiger partial charge in [0.15, 0.2) is 0 Å². The Morgan fingerprint density at radius 3 is 2.33 bits per heavy atom. The summed E-state index contributed by atoms with van der Waals surface area (Å²) >= 11 is 0. The average Bonchev–Trinajstić information content (AvgIpc) is 2.70. The standard InChI is InChI=1S/C9H17NO2/c1-9(8(11)12,10(2)3)6-7-4-5-7/h7H,4-6H2,1-3H3,(H,11,12). The number of likely N-dealkylation sites (N-methyl/N-ethyl adjacent to an activating group) is 1. The summed E-state index contributed by atoms with van der Waals surface area (Å²) in [5, 5.41) is 9.04. The van der Waals surface area contributed by atoms with Crippen LogP contribution in [0.25, 0.3) is 0 Å². The minimum absolute atomic E-state index is 0.647. The molecule has 1 fully saturated rings. The molecule has 0 aromatic carbocycles. The minimum atomic E-state index is -0.709. The van der Waals surface area contributed by atoms with Crippen LogP contribution < -0.4 is 0 Å². The van der Waals surface area contributed by atoms with Crippen LogP contribution in [0.3, 0.4) is 0 Å². The van der Waals surface area contributed by atoms with Crippen LogP contribution in [0.1, 0.15) is 26.2 Å². The maximum atomic E-state index is 11.0. The maximum Gasteiger partial charge on any atom is 0.323 e. The van der Waals surface area contributed by atoms with Gasteiger partial charge in [0.1, 0.15) is 5.54 Å². The van der Waals surface area contributed by atoms with Gasteiger partial charge < -0.3 is 5.11 Å². The SMILES string of the molecule is CN(C)C(C)(CC1CC1)C(=O)O. The van der Waals surface area contributed by atoms with Crippen LogP contribution in [0.4, 0.5) is 0 Å². The predicted molar refractivity (Wildman–Crippen MR) is 47.1 cm³/mol. The highest BCUT2D eigenvalue weighted by Crippen LogP contribution is 2.38. The molecule has 0 aromatic heterocycles. The first-order valence-corrected chi connectivity index (χ1v) is 4.37. The van der Waals surface area contributed by atoms with Crippen LogP contribution in [0.15, 0.2) is 0 Å². The molecular weight excluding hydrogens is 154 g/mol. The molecule has 1 unspecified atom stereocenters. The molecule has 1 saturated carbocycles. The van der Waals surface area contributed by atoms with E-state index in [0.29, 0.717) is 5.92 Å². The molecule has 0 aliphatic heterocycles. The number of hydrogen-bond donors (Lipinski definition) is 1. The van der Waals surface area contributed by atoms with E-state index in [0.717, 1.165) is 6.42 Å². The fourth-order valence-corrected chi connectivity index (χ4v) is 1.35. The zero-order valence-electron chi connectivity index (χ0n) is 8.00. The lowest BCUT2D eigenvalue weighted by atomic mass is 9.94. The smallest absolute Gasteiger partial charge is 0.323 e. The van der Waals surface area contributed by atoms with Crippen LogP contribution in [0.5, 0.6) is 0 Å². The Morgan fingerprint density at radius 1 is 1.58 bits per heavy atom. The third-order valence-electron chi connectivity index (χ3n) is 2.83. The number of nitrogens with zero attached hydrogens (tertiary/aromatic N) is 1. The summed E-state index contributed by atoms with van der Waals surface area (Å²) in [5.41, 5.74) is -0.666. The van der Waals surface area contributed by atoms with Crippen LogP contribution >= 0.6 is 0 Å². The molecule has 0 spiro atoms. The lowest BCUT2D eigenvalue weighted by Gasteiger charge is -2.32. The predicted octanol–water partition coefficient (Wildman–Crippen LogP) is 1.19. The molecule has 0 bridgehead atoms. The van der Waals surface area contributed by atoms with Crippen molar-refractivity contribution in [3.8, 4) is 0 Å². The fourth-order valence-electron chi connectivity index (χ4n) is 1.35. The van der Waals surface area contributed by atoms with E-state index in [9.17, 15) is 4.79 Å². The van der Waals surface area contributed by atoms with E-state index >= 15 is 0 Å². The van der Waals surface area contributed by atoms with Crippen LogP contribution in [-0.4, -0.2) is 35.6 Å². The Morgan fingerprint density at radius 2 is 2.08 bits per heavy atom. The van der Waals surface area contributed by atoms with E-state index < -0.39 is 11.5 Å². The largest absolute Gasteiger partial charge is 0.480 e. The van der Waals surface area contributed by atoms with Gasteiger partial charge in [-0.25, -0.2) is 0 Å². The van der Waals surface area contributed by atoms with E-state index in [-0.39, 0.29) is 0 Å². The fraction of sp³-hybridized carbons (Fsp3) is 0.889. The normalized spacial score (nSPS) is 22.3. The lowest BCUT2D eigenvalue weighted by Crippen LogP contribution is -2.48. The van der Waals surface area contributed by atoms with E-state index in [4.69, 9.17) is 5.11 Å². The highest BCUT2D eigenvalue weighted by atomic mass is 16.4. The molecule has 0 amide bonds. The molecule has 0 radical (unpaired) electrons. The molecule has 1 aliphatic carbocycles. The zero-order valence-corrected chi connectivity index (χ0v) is 8.00. The molecule has 0 saturated heterocycles. The van der Waals surface area contributed by atoms with Gasteiger partial charge in [-0.15, -0.1) is 0 Å². The second-order valence-electron chi connectivity index (χ2n) is 4.12. The van der Waals surface area contributed by atoms with Crippen molar-refractivity contribution in [2.24, 2.45) is 5.92 Å². The molecule has 1 N–H and O–H groups in total. The zero-order chi connectivity index (χ0) is 9.35. The number of carbonyl (C=O) groups is 1. The van der Waals surface area contributed by atoms with Crippen LogP contribution in [-0.2, 0) is 4.79 Å². The average molecular weight is 171 g/mol. The van der Waals surface area contributed by atoms with Crippen molar-refractivity contribution in [3.05, 3.63) is 0 Å². The second kappa shape index (κ2) is 3.05. The molecule has 12 heavy (non-hydrogen) atoms. The van der Waals surface area contributed by atoms with Gasteiger partial charge in [0.05, 0.1) is 0 Å². The molecule has 1 atom stereocenters. The first kappa shape index (κ1) is 9.52. The molecule has 3 nitrogen and oxygen atoms in total. The van der Waals surface area contributed by atoms with Crippen molar-refractivity contribution in [1.29, 1.82) is 0 Å². The summed E-state index contributed by atoms with van der Waals surface area (Å²) in [5.74, 6) is -0.0621. The first-order valence-electron chi connectivity index (χ1n) is 4.37. The maximum absolute atomic E-state index is 11.0. The first-order chi connectivity index (χ1) is 5.47. The van der Waals surface area contributed by atoms with Gasteiger partial charge >= 0.3 is 5.97 Å². The lowest BCUT2D eigenvalue weighted by molar-refractivity contribution is -0.149. The highest BCUT2D eigenvalue weighted by Gasteiger charge is 2.40. The van der Waals surface area contributed by atoms with Gasteiger partial charge in [0, 0.05) is 0 Å². The number of aliphatic carboxylic acids is 1. The van der Waals surface area contributed by atoms with Gasteiger partial charge in [0.25, 0.3) is 0 Å². The molecular formula is C9H17NO2. The minimum Gasteiger partial charge on any atom is -0.480 e. The van der Waals surface area contributed by atoms with Crippen LogP contribution in [0.2, 0.25) is 0 Å². The van der Waals surface area contributed by atoms with Crippen LogP contribution in [0, 0.1) is 5.92 Å². The summed E-state index contributed by atoms with van der Waals surface area (Å²) in [6.07, 6.45) is 3.20. The van der Waals surface area contributed by atoms with Crippen molar-refractivity contribution in [2.45, 2.75) is 31.7 Å². The Bertz CT molecular complexity index is 187. The van der Waals surface area contributed by atoms with Gasteiger partial charge in [0.2, 0.25) is 0 Å². The molecule has 70 valence electrons. The van der Waals surface area contributed by atoms with Gasteiger partial charge in [-0.1, -0.05) is 12.8 Å². The van der Waals surface area contributed by atoms with Crippen molar-refractivity contribution in [3.63, 3.8) is 0 Å². The number of carboxylic acids is 1. The Balaban J connectivity index is 2.62. The van der Waals surface area contributed by atoms with E-state index in [1.54, 1.807) is 11.8 Å². The summed E-state index contributed by atoms with van der Waals surface area (Å²) in [4.78, 5) is 12.8. The van der Waals surface area contributed by atoms with E-state index in [2.05, 4.69) is 0 Å². The second-order valence-corrected chi connectivity index (χ2v) is 4.12. The molecule has 1 aliphatic rings. The summed E-state index contributed by atoms with van der Waals surface area (Å²) in [6.45, 7) is 1.80. The Labute approximate surface area is 73.4 Å². The Hall–Kier alpha value is -0.570. The molecule has 0 aromatic rings. The number of carboxylic acid groups (broad SMARTS) is 1. The number of rotatable bonds is 4. The van der Waals surface area contributed by atoms with Gasteiger partial charge in [-0.05, 0) is 33.4 Å². The summed E-state index contributed by atoms with van der Waals surface area (Å²) in [7, 11) is 3.66. The highest BCUT2D eigenvalue weighted by molar-refractivity contribution is 5.78. The van der Waals surface area contributed by atoms with E-state index in [1.807, 2.05) is 14.1 Å². The van der Waals surface area contributed by atoms with Crippen molar-refractivity contribution < 1.29 is 9.90 Å². The number of hydrogen-bond acceptors (Lipinski definition) is 2. The third-order valence-corrected chi connectivity index (χ3v) is 2.83. The summed E-state index contributed by atoms with van der Waals surface area (Å²) in [6, 6.07) is 0. The molecule has 3 heteroatoms. The monoisotopic (exact) mass is 171 g/mol. The summed E-state index contributed by atoms with van der Waals surface area (Å²) < 4.78 is 0. The van der Waals surface area contributed by atoms with Crippen molar-refractivity contribution >= 4 is 5.97 Å². The quantitative estimate of drug-likeness (QED) is 0.690. The van der Waals surface area contributed by atoms with Crippen molar-refractivity contribution in [2.75, 3.05) is 14.1 Å². The third kappa shape index (κ3) is 1.78. The van der Waals surface area contributed by atoms with Gasteiger partial charge in [-0.2, -0.15) is 0 Å². The molecule has 0 heterocycles. The topological polar surface area (TPSA) is 40.5 Å².